The summed E-state index contributed by atoms with van der Waals surface area (Å²) < 4.78 is 0. The van der Waals surface area contributed by atoms with Crippen molar-refractivity contribution in [1.82, 2.24) is 9.88 Å². The summed E-state index contributed by atoms with van der Waals surface area (Å²) in [4.78, 5) is 18.3. The first kappa shape index (κ1) is 13.3. The predicted molar refractivity (Wildman–Crippen MR) is 78.5 cm³/mol. The lowest BCUT2D eigenvalue weighted by molar-refractivity contribution is 0.0797. The van der Waals surface area contributed by atoms with Gasteiger partial charge in [-0.1, -0.05) is 24.3 Å². The zero-order chi connectivity index (χ0) is 13.8. The highest BCUT2D eigenvalue weighted by Crippen LogP contribution is 2.22. The SMILES string of the molecule is CCNc1nc(C(=O)N(C)CC)cc2ccccc12. The Bertz CT molecular complexity index is 595. The molecule has 1 aromatic heterocycles. The number of rotatable bonds is 4. The molecule has 0 bridgehead atoms. The molecule has 1 amide bonds. The van der Waals surface area contributed by atoms with Crippen LogP contribution in [0.5, 0.6) is 0 Å². The summed E-state index contributed by atoms with van der Waals surface area (Å²) in [6, 6.07) is 9.81. The van der Waals surface area contributed by atoms with Gasteiger partial charge in [0.05, 0.1) is 0 Å². The van der Waals surface area contributed by atoms with Gasteiger partial charge in [0.15, 0.2) is 0 Å². The molecule has 1 aromatic carbocycles. The third-order valence-corrected chi connectivity index (χ3v) is 3.12. The van der Waals surface area contributed by atoms with Crippen molar-refractivity contribution in [3.63, 3.8) is 0 Å². The Kier molecular flexibility index (Phi) is 4.00. The first-order chi connectivity index (χ1) is 9.17. The Morgan fingerprint density at radius 3 is 2.74 bits per heavy atom. The average molecular weight is 257 g/mol. The van der Waals surface area contributed by atoms with Crippen LogP contribution in [0.15, 0.2) is 30.3 Å². The van der Waals surface area contributed by atoms with Gasteiger partial charge in [-0.25, -0.2) is 4.98 Å². The fraction of sp³-hybridized carbons (Fsp3) is 0.333. The number of carbonyl (C=O) groups excluding carboxylic acids is 1. The lowest BCUT2D eigenvalue weighted by Gasteiger charge is -2.15. The Labute approximate surface area is 113 Å². The smallest absolute Gasteiger partial charge is 0.272 e. The number of nitrogens with zero attached hydrogens (tertiary/aromatic N) is 2. The van der Waals surface area contributed by atoms with Gasteiger partial charge in [0.25, 0.3) is 5.91 Å². The highest BCUT2D eigenvalue weighted by molar-refractivity contribution is 6.00. The minimum Gasteiger partial charge on any atom is -0.370 e. The molecule has 4 nitrogen and oxygen atoms in total. The van der Waals surface area contributed by atoms with Crippen LogP contribution in [-0.4, -0.2) is 35.9 Å². The molecule has 0 atom stereocenters. The van der Waals surface area contributed by atoms with E-state index in [2.05, 4.69) is 10.3 Å². The van der Waals surface area contributed by atoms with Gasteiger partial charge in [-0.3, -0.25) is 4.79 Å². The summed E-state index contributed by atoms with van der Waals surface area (Å²) in [5, 5.41) is 5.29. The van der Waals surface area contributed by atoms with Gasteiger partial charge in [-0.15, -0.1) is 0 Å². The summed E-state index contributed by atoms with van der Waals surface area (Å²) in [5.41, 5.74) is 0.485. The number of pyridine rings is 1. The Morgan fingerprint density at radius 2 is 2.05 bits per heavy atom. The molecule has 2 rings (SSSR count). The monoisotopic (exact) mass is 257 g/mol. The Hall–Kier alpha value is -2.10. The Balaban J connectivity index is 2.54. The summed E-state index contributed by atoms with van der Waals surface area (Å²) in [6.07, 6.45) is 0. The summed E-state index contributed by atoms with van der Waals surface area (Å²) in [5.74, 6) is 0.723. The molecular formula is C15H19N3O. The summed E-state index contributed by atoms with van der Waals surface area (Å²) >= 11 is 0. The predicted octanol–water partition coefficient (Wildman–Crippen LogP) is 2.76. The number of hydrogen-bond acceptors (Lipinski definition) is 3. The minimum atomic E-state index is -0.0487. The lowest BCUT2D eigenvalue weighted by Crippen LogP contribution is -2.27. The van der Waals surface area contributed by atoms with E-state index in [0.29, 0.717) is 12.2 Å². The van der Waals surface area contributed by atoms with Crippen LogP contribution in [0.25, 0.3) is 10.8 Å². The minimum absolute atomic E-state index is 0.0487. The van der Waals surface area contributed by atoms with E-state index in [1.165, 1.54) is 0 Å². The van der Waals surface area contributed by atoms with Crippen molar-refractivity contribution in [3.8, 4) is 0 Å². The maximum Gasteiger partial charge on any atom is 0.272 e. The van der Waals surface area contributed by atoms with Crippen molar-refractivity contribution < 1.29 is 4.79 Å². The molecular weight excluding hydrogens is 238 g/mol. The van der Waals surface area contributed by atoms with Crippen LogP contribution in [0, 0.1) is 0 Å². The van der Waals surface area contributed by atoms with Gasteiger partial charge < -0.3 is 10.2 Å². The van der Waals surface area contributed by atoms with Gasteiger partial charge in [0.1, 0.15) is 11.5 Å². The first-order valence-corrected chi connectivity index (χ1v) is 6.56. The van der Waals surface area contributed by atoms with Crippen LogP contribution in [0.1, 0.15) is 24.3 Å². The van der Waals surface area contributed by atoms with E-state index in [9.17, 15) is 4.79 Å². The third-order valence-electron chi connectivity index (χ3n) is 3.12. The van der Waals surface area contributed by atoms with Crippen molar-refractivity contribution in [3.05, 3.63) is 36.0 Å². The van der Waals surface area contributed by atoms with Crippen LogP contribution in [0.3, 0.4) is 0 Å². The van der Waals surface area contributed by atoms with Gasteiger partial charge in [-0.05, 0) is 25.3 Å². The first-order valence-electron chi connectivity index (χ1n) is 6.56. The number of hydrogen-bond donors (Lipinski definition) is 1. The number of anilines is 1. The number of nitrogens with one attached hydrogen (secondary N) is 1. The molecule has 19 heavy (non-hydrogen) atoms. The van der Waals surface area contributed by atoms with Crippen LogP contribution >= 0.6 is 0 Å². The van der Waals surface area contributed by atoms with E-state index < -0.39 is 0 Å². The summed E-state index contributed by atoms with van der Waals surface area (Å²) in [6.45, 7) is 5.41. The van der Waals surface area contributed by atoms with Crippen molar-refractivity contribution in [1.29, 1.82) is 0 Å². The second kappa shape index (κ2) is 5.69. The number of carbonyl (C=O) groups is 1. The quantitative estimate of drug-likeness (QED) is 0.916. The number of amides is 1. The van der Waals surface area contributed by atoms with E-state index in [1.54, 1.807) is 11.9 Å². The van der Waals surface area contributed by atoms with E-state index in [0.717, 1.165) is 23.1 Å². The molecule has 0 spiro atoms. The molecule has 0 aliphatic carbocycles. The Morgan fingerprint density at radius 1 is 1.32 bits per heavy atom. The molecule has 0 aliphatic rings. The molecule has 1 N–H and O–H groups in total. The molecule has 0 radical (unpaired) electrons. The van der Waals surface area contributed by atoms with E-state index in [-0.39, 0.29) is 5.91 Å². The van der Waals surface area contributed by atoms with Crippen molar-refractivity contribution in [2.45, 2.75) is 13.8 Å². The van der Waals surface area contributed by atoms with E-state index in [1.807, 2.05) is 44.2 Å². The molecule has 100 valence electrons. The van der Waals surface area contributed by atoms with Gasteiger partial charge >= 0.3 is 0 Å². The average Bonchev–Trinajstić information content (AvgIpc) is 2.45. The normalized spacial score (nSPS) is 10.5. The number of fused-ring (bicyclic) bond motifs is 1. The van der Waals surface area contributed by atoms with Gasteiger partial charge in [0.2, 0.25) is 0 Å². The molecule has 1 heterocycles. The van der Waals surface area contributed by atoms with Crippen molar-refractivity contribution in [2.24, 2.45) is 0 Å². The van der Waals surface area contributed by atoms with Crippen LogP contribution in [0.2, 0.25) is 0 Å². The van der Waals surface area contributed by atoms with Crippen molar-refractivity contribution in [2.75, 3.05) is 25.5 Å². The molecule has 0 unspecified atom stereocenters. The molecule has 0 fully saturated rings. The fourth-order valence-electron chi connectivity index (χ4n) is 1.95. The molecule has 4 heteroatoms. The lowest BCUT2D eigenvalue weighted by atomic mass is 10.1. The molecule has 0 saturated heterocycles. The molecule has 2 aromatic rings. The van der Waals surface area contributed by atoms with E-state index >= 15 is 0 Å². The van der Waals surface area contributed by atoms with Crippen molar-refractivity contribution >= 4 is 22.5 Å². The second-order valence-electron chi connectivity index (χ2n) is 4.43. The topological polar surface area (TPSA) is 45.2 Å². The maximum absolute atomic E-state index is 12.2. The number of aromatic nitrogens is 1. The van der Waals surface area contributed by atoms with Crippen LogP contribution in [0.4, 0.5) is 5.82 Å². The summed E-state index contributed by atoms with van der Waals surface area (Å²) in [7, 11) is 1.78. The zero-order valence-corrected chi connectivity index (χ0v) is 11.6. The van der Waals surface area contributed by atoms with Gasteiger partial charge in [0, 0.05) is 25.5 Å². The molecule has 0 saturated carbocycles. The zero-order valence-electron chi connectivity index (χ0n) is 11.6. The van der Waals surface area contributed by atoms with E-state index in [4.69, 9.17) is 0 Å². The molecule has 0 aliphatic heterocycles. The fourth-order valence-corrected chi connectivity index (χ4v) is 1.95. The highest BCUT2D eigenvalue weighted by Gasteiger charge is 2.14. The maximum atomic E-state index is 12.2. The largest absolute Gasteiger partial charge is 0.370 e. The highest BCUT2D eigenvalue weighted by atomic mass is 16.2. The standard InChI is InChI=1S/C15H19N3O/c1-4-16-14-12-9-7-6-8-11(12)10-13(17-14)15(19)18(3)5-2/h6-10H,4-5H2,1-3H3,(H,16,17). The van der Waals surface area contributed by atoms with Crippen LogP contribution in [-0.2, 0) is 0 Å². The second-order valence-corrected chi connectivity index (χ2v) is 4.43. The van der Waals surface area contributed by atoms with Crippen LogP contribution < -0.4 is 5.32 Å². The number of benzene rings is 1. The third kappa shape index (κ3) is 2.67. The van der Waals surface area contributed by atoms with Gasteiger partial charge in [-0.2, -0.15) is 0 Å².